The van der Waals surface area contributed by atoms with E-state index in [9.17, 15) is 18.0 Å². The molecule has 1 saturated heterocycles. The molecule has 5 rings (SSSR count). The lowest BCUT2D eigenvalue weighted by molar-refractivity contribution is -0.117. The fourth-order valence-corrected chi connectivity index (χ4v) is 6.59. The van der Waals surface area contributed by atoms with Crippen molar-refractivity contribution in [2.45, 2.75) is 24.7 Å². The van der Waals surface area contributed by atoms with E-state index in [2.05, 4.69) is 4.72 Å². The highest BCUT2D eigenvalue weighted by atomic mass is 35.5. The average molecular weight is 499 g/mol. The predicted octanol–water partition coefficient (Wildman–Crippen LogP) is 5.30. The Balaban J connectivity index is 1.55. The van der Waals surface area contributed by atoms with Crippen LogP contribution in [0.4, 0.5) is 11.4 Å². The van der Waals surface area contributed by atoms with Crippen LogP contribution in [-0.2, 0) is 14.8 Å². The van der Waals surface area contributed by atoms with Crippen LogP contribution in [0, 0.1) is 6.92 Å². The summed E-state index contributed by atoms with van der Waals surface area (Å²) in [4.78, 5) is 26.8. The quantitative estimate of drug-likeness (QED) is 0.387. The maximum Gasteiger partial charge on any atom is 0.262 e. The largest absolute Gasteiger partial charge is 0.312 e. The summed E-state index contributed by atoms with van der Waals surface area (Å²) in [5.74, 6) is -0.0127. The van der Waals surface area contributed by atoms with E-state index in [-0.39, 0.29) is 21.9 Å². The van der Waals surface area contributed by atoms with Gasteiger partial charge in [-0.25, -0.2) is 8.42 Å². The molecule has 0 radical (unpaired) electrons. The van der Waals surface area contributed by atoms with Crippen molar-refractivity contribution in [3.63, 3.8) is 0 Å². The van der Waals surface area contributed by atoms with Gasteiger partial charge in [-0.05, 0) is 67.4 Å². The number of sulfonamides is 1. The zero-order valence-corrected chi connectivity index (χ0v) is 20.0. The van der Waals surface area contributed by atoms with Crippen LogP contribution in [0.2, 0.25) is 5.02 Å². The molecule has 0 spiro atoms. The molecule has 0 bridgehead atoms. The van der Waals surface area contributed by atoms with Crippen molar-refractivity contribution >= 4 is 70.4 Å². The molecule has 9 heteroatoms. The Morgan fingerprint density at radius 1 is 0.970 bits per heavy atom. The van der Waals surface area contributed by atoms with Gasteiger partial charge in [0.1, 0.15) is 0 Å². The minimum Gasteiger partial charge on any atom is -0.312 e. The van der Waals surface area contributed by atoms with E-state index < -0.39 is 10.0 Å². The first-order valence-corrected chi connectivity index (χ1v) is 13.0. The summed E-state index contributed by atoms with van der Waals surface area (Å²) in [6, 6.07) is 15.1. The summed E-state index contributed by atoms with van der Waals surface area (Å²) in [6.45, 7) is 2.28. The Bertz CT molecular complexity index is 1610. The molecular formula is C24H19ClN2O4S2. The summed E-state index contributed by atoms with van der Waals surface area (Å²) in [5, 5.41) is 1.39. The van der Waals surface area contributed by atoms with Crippen molar-refractivity contribution < 1.29 is 13.2 Å². The number of fused-ring (bicyclic) bond motifs is 2. The number of carbonyl (C=O) groups is 1. The number of hydrogen-bond acceptors (Lipinski definition) is 5. The van der Waals surface area contributed by atoms with Crippen molar-refractivity contribution in [1.29, 1.82) is 0 Å². The highest BCUT2D eigenvalue weighted by Gasteiger charge is 2.25. The number of benzene rings is 3. The van der Waals surface area contributed by atoms with Gasteiger partial charge >= 0.3 is 0 Å². The van der Waals surface area contributed by atoms with Crippen LogP contribution in [-0.4, -0.2) is 20.9 Å². The molecule has 6 nitrogen and oxygen atoms in total. The van der Waals surface area contributed by atoms with Crippen LogP contribution in [0.25, 0.3) is 20.2 Å². The fourth-order valence-electron chi connectivity index (χ4n) is 4.07. The van der Waals surface area contributed by atoms with Crippen molar-refractivity contribution in [2.75, 3.05) is 16.2 Å². The first kappa shape index (κ1) is 21.9. The Hall–Kier alpha value is -2.94. The van der Waals surface area contributed by atoms with Crippen LogP contribution in [0.3, 0.4) is 0 Å². The number of hydrogen-bond donors (Lipinski definition) is 1. The molecule has 2 heterocycles. The number of rotatable bonds is 4. The third-order valence-corrected chi connectivity index (χ3v) is 8.64. The fraction of sp³-hybridized carbons (Fsp3) is 0.167. The van der Waals surface area contributed by atoms with Crippen molar-refractivity contribution in [3.05, 3.63) is 75.4 Å². The Labute approximate surface area is 199 Å². The number of carbonyl (C=O) groups excluding carboxylic acids is 1. The highest BCUT2D eigenvalue weighted by Crippen LogP contribution is 2.31. The van der Waals surface area contributed by atoms with E-state index in [0.29, 0.717) is 40.0 Å². The van der Waals surface area contributed by atoms with Crippen LogP contribution in [0.1, 0.15) is 18.4 Å². The topological polar surface area (TPSA) is 83.6 Å². The molecule has 1 amide bonds. The molecule has 33 heavy (non-hydrogen) atoms. The van der Waals surface area contributed by atoms with E-state index >= 15 is 0 Å². The number of anilines is 2. The first-order chi connectivity index (χ1) is 15.7. The van der Waals surface area contributed by atoms with Crippen LogP contribution < -0.4 is 15.1 Å². The van der Waals surface area contributed by atoms with Crippen LogP contribution >= 0.6 is 22.9 Å². The third-order valence-electron chi connectivity index (χ3n) is 5.73. The second kappa shape index (κ2) is 8.13. The van der Waals surface area contributed by atoms with Crippen molar-refractivity contribution in [2.24, 2.45) is 0 Å². The minimum absolute atomic E-state index is 0.0127. The zero-order chi connectivity index (χ0) is 23.3. The molecule has 1 aliphatic rings. The molecule has 1 fully saturated rings. The summed E-state index contributed by atoms with van der Waals surface area (Å²) >= 11 is 7.50. The smallest absolute Gasteiger partial charge is 0.262 e. The van der Waals surface area contributed by atoms with E-state index in [1.54, 1.807) is 60.4 Å². The number of nitrogens with one attached hydrogen (secondary N) is 1. The molecule has 4 aromatic rings. The normalized spacial score (nSPS) is 14.4. The number of halogens is 1. The highest BCUT2D eigenvalue weighted by molar-refractivity contribution is 7.92. The van der Waals surface area contributed by atoms with Gasteiger partial charge in [0, 0.05) is 49.5 Å². The van der Waals surface area contributed by atoms with Crippen molar-refractivity contribution in [3.8, 4) is 0 Å². The van der Waals surface area contributed by atoms with Gasteiger partial charge < -0.3 is 4.90 Å². The van der Waals surface area contributed by atoms with E-state index in [4.69, 9.17) is 11.6 Å². The average Bonchev–Trinajstić information content (AvgIpc) is 3.21. The zero-order valence-electron chi connectivity index (χ0n) is 17.6. The molecule has 0 saturated carbocycles. The van der Waals surface area contributed by atoms with Gasteiger partial charge in [0.2, 0.25) is 5.91 Å². The predicted molar refractivity (Wildman–Crippen MR) is 134 cm³/mol. The summed E-state index contributed by atoms with van der Waals surface area (Å²) in [5.41, 5.74) is 1.21. The Morgan fingerprint density at radius 2 is 1.70 bits per heavy atom. The van der Waals surface area contributed by atoms with Gasteiger partial charge in [-0.3, -0.25) is 14.3 Å². The Kier molecular flexibility index (Phi) is 5.39. The monoisotopic (exact) mass is 498 g/mol. The van der Waals surface area contributed by atoms with E-state index in [0.717, 1.165) is 15.8 Å². The molecule has 1 aliphatic heterocycles. The lowest BCUT2D eigenvalue weighted by atomic mass is 10.2. The van der Waals surface area contributed by atoms with E-state index in [1.165, 1.54) is 17.4 Å². The molecule has 0 unspecified atom stereocenters. The summed E-state index contributed by atoms with van der Waals surface area (Å²) < 4.78 is 30.6. The van der Waals surface area contributed by atoms with Crippen molar-refractivity contribution in [1.82, 2.24) is 0 Å². The summed E-state index contributed by atoms with van der Waals surface area (Å²) in [6.07, 6.45) is 1.21. The number of nitrogens with zero attached hydrogens (tertiary/aromatic N) is 1. The van der Waals surface area contributed by atoms with Gasteiger partial charge in [0.25, 0.3) is 10.0 Å². The molecule has 168 valence electrons. The van der Waals surface area contributed by atoms with Gasteiger partial charge in [-0.1, -0.05) is 17.7 Å². The second-order valence-electron chi connectivity index (χ2n) is 7.99. The molecule has 1 aromatic heterocycles. The molecule has 1 N–H and O–H groups in total. The molecule has 3 aromatic carbocycles. The van der Waals surface area contributed by atoms with Gasteiger partial charge in [-0.2, -0.15) is 0 Å². The molecular weight excluding hydrogens is 480 g/mol. The van der Waals surface area contributed by atoms with Gasteiger partial charge in [0.05, 0.1) is 4.90 Å². The second-order valence-corrected chi connectivity index (χ2v) is 11.2. The minimum atomic E-state index is -3.95. The SMILES string of the molecule is Cc1ccc(N2CCCC2=O)cc1S(=O)(=O)Nc1ccc2sc3ccc(Cl)cc3c(=O)c2c1. The molecule has 0 aliphatic carbocycles. The maximum atomic E-state index is 13.2. The standard InChI is InChI=1S/C24H19ClN2O4S2/c1-14-4-7-17(27-10-2-3-23(27)28)13-22(14)33(30,31)26-16-6-9-21-19(12-16)24(29)18-11-15(25)5-8-20(18)32-21/h4-9,11-13,26H,2-3,10H2,1H3. The van der Waals surface area contributed by atoms with Gasteiger partial charge in [-0.15, -0.1) is 11.3 Å². The van der Waals surface area contributed by atoms with Crippen LogP contribution in [0.15, 0.2) is 64.3 Å². The number of aryl methyl sites for hydroxylation is 1. The summed E-state index contributed by atoms with van der Waals surface area (Å²) in [7, 11) is -3.95. The van der Waals surface area contributed by atoms with E-state index in [1.807, 2.05) is 0 Å². The third kappa shape index (κ3) is 3.99. The lowest BCUT2D eigenvalue weighted by Gasteiger charge is -2.18. The first-order valence-electron chi connectivity index (χ1n) is 10.3. The Morgan fingerprint density at radius 3 is 2.42 bits per heavy atom. The molecule has 0 atom stereocenters. The maximum absolute atomic E-state index is 13.2. The lowest BCUT2D eigenvalue weighted by Crippen LogP contribution is -2.24. The number of amides is 1. The van der Waals surface area contributed by atoms with Crippen LogP contribution in [0.5, 0.6) is 0 Å². The van der Waals surface area contributed by atoms with Gasteiger partial charge in [0.15, 0.2) is 5.43 Å².